The number of carbonyl (C=O) groups excluding carboxylic acids is 1. The van der Waals surface area contributed by atoms with Crippen LogP contribution in [0.4, 0.5) is 0 Å². The summed E-state index contributed by atoms with van der Waals surface area (Å²) in [4.78, 5) is 19.7. The maximum Gasteiger partial charge on any atom is 0.182 e. The minimum atomic E-state index is -0.297. The van der Waals surface area contributed by atoms with E-state index in [1.54, 1.807) is 0 Å². The molecule has 6 heteroatoms. The predicted molar refractivity (Wildman–Crippen MR) is 122 cm³/mol. The SMILES string of the molecule is Cc1ccc2c(n1)/C(=N/Cl)N(CC(=O)c1cc(C(C)(C)C)c(O)c(C(C)(C)C)c1)C2. The van der Waals surface area contributed by atoms with Gasteiger partial charge in [0.15, 0.2) is 11.6 Å². The number of phenols is 1. The van der Waals surface area contributed by atoms with Crippen molar-refractivity contribution in [1.82, 2.24) is 9.88 Å². The van der Waals surface area contributed by atoms with Crippen LogP contribution in [0.5, 0.6) is 5.75 Å². The van der Waals surface area contributed by atoms with Crippen molar-refractivity contribution in [3.05, 3.63) is 57.9 Å². The number of ketones is 1. The van der Waals surface area contributed by atoms with Crippen LogP contribution in [0.1, 0.15) is 80.0 Å². The van der Waals surface area contributed by atoms with Crippen LogP contribution in [0.15, 0.2) is 28.8 Å². The Morgan fingerprint density at radius 2 is 1.70 bits per heavy atom. The summed E-state index contributed by atoms with van der Waals surface area (Å²) in [7, 11) is 0. The number of rotatable bonds is 3. The second-order valence-corrected chi connectivity index (χ2v) is 10.2. The summed E-state index contributed by atoms with van der Waals surface area (Å²) in [6, 6.07) is 7.58. The zero-order chi connectivity index (χ0) is 22.4. The number of halogens is 1. The van der Waals surface area contributed by atoms with Crippen molar-refractivity contribution in [3.63, 3.8) is 0 Å². The van der Waals surface area contributed by atoms with E-state index in [-0.39, 0.29) is 28.9 Å². The molecule has 2 heterocycles. The number of carbonyl (C=O) groups is 1. The second kappa shape index (κ2) is 7.69. The number of benzene rings is 1. The number of aromatic nitrogens is 1. The number of pyridine rings is 1. The van der Waals surface area contributed by atoms with Crippen molar-refractivity contribution in [2.45, 2.75) is 65.8 Å². The van der Waals surface area contributed by atoms with Crippen molar-refractivity contribution in [3.8, 4) is 5.75 Å². The molecule has 160 valence electrons. The standard InChI is InChI=1S/C24H30ClN3O2/c1-14-8-9-15-12-28(22(27-25)20(15)26-14)13-19(29)16-10-17(23(2,3)4)21(30)18(11-16)24(5,6)7/h8-11,30H,12-13H2,1-7H3/b27-22-. The number of hydrogen-bond acceptors (Lipinski definition) is 4. The molecule has 0 bridgehead atoms. The van der Waals surface area contributed by atoms with Crippen LogP contribution in [0.3, 0.4) is 0 Å². The molecule has 5 nitrogen and oxygen atoms in total. The zero-order valence-corrected chi connectivity index (χ0v) is 19.6. The highest BCUT2D eigenvalue weighted by Crippen LogP contribution is 2.40. The van der Waals surface area contributed by atoms with Crippen molar-refractivity contribution in [2.24, 2.45) is 4.51 Å². The summed E-state index contributed by atoms with van der Waals surface area (Å²) in [5.74, 6) is 0.741. The van der Waals surface area contributed by atoms with Gasteiger partial charge in [-0.2, -0.15) is 4.51 Å². The number of Topliss-reactive ketones (excluding diaryl/α,β-unsaturated/α-hetero) is 1. The Kier molecular flexibility index (Phi) is 5.72. The molecule has 0 aliphatic carbocycles. The van der Waals surface area contributed by atoms with Crippen LogP contribution < -0.4 is 0 Å². The van der Waals surface area contributed by atoms with Gasteiger partial charge in [0.05, 0.1) is 6.54 Å². The summed E-state index contributed by atoms with van der Waals surface area (Å²) in [5.41, 5.74) is 4.14. The van der Waals surface area contributed by atoms with Crippen LogP contribution in [-0.2, 0) is 17.4 Å². The second-order valence-electron chi connectivity index (χ2n) is 10.1. The van der Waals surface area contributed by atoms with Crippen LogP contribution >= 0.6 is 11.8 Å². The molecular weight excluding hydrogens is 398 g/mol. The Bertz CT molecular complexity index is 995. The largest absolute Gasteiger partial charge is 0.507 e. The Hall–Kier alpha value is -2.40. The highest BCUT2D eigenvalue weighted by molar-refractivity contribution is 6.23. The smallest absolute Gasteiger partial charge is 0.182 e. The fraction of sp³-hybridized carbons (Fsp3) is 0.458. The fourth-order valence-corrected chi connectivity index (χ4v) is 3.95. The van der Waals surface area contributed by atoms with E-state index in [1.807, 2.05) is 77.6 Å². The first-order valence-electron chi connectivity index (χ1n) is 10.1. The first-order valence-corrected chi connectivity index (χ1v) is 10.5. The Morgan fingerprint density at radius 3 is 2.20 bits per heavy atom. The van der Waals surface area contributed by atoms with E-state index in [4.69, 9.17) is 11.8 Å². The van der Waals surface area contributed by atoms with Gasteiger partial charge in [0.1, 0.15) is 11.4 Å². The number of aryl methyl sites for hydroxylation is 1. The summed E-state index contributed by atoms with van der Waals surface area (Å²) < 4.78 is 3.89. The number of aromatic hydroxyl groups is 1. The van der Waals surface area contributed by atoms with Gasteiger partial charge < -0.3 is 10.0 Å². The molecule has 2 aromatic rings. The van der Waals surface area contributed by atoms with Crippen molar-refractivity contribution < 1.29 is 9.90 Å². The van der Waals surface area contributed by atoms with E-state index in [0.717, 1.165) is 28.1 Å². The summed E-state index contributed by atoms with van der Waals surface area (Å²) in [5, 5.41) is 10.9. The zero-order valence-electron chi connectivity index (χ0n) is 18.8. The van der Waals surface area contributed by atoms with E-state index >= 15 is 0 Å². The van der Waals surface area contributed by atoms with E-state index < -0.39 is 0 Å². The third-order valence-electron chi connectivity index (χ3n) is 5.45. The first-order chi connectivity index (χ1) is 13.8. The van der Waals surface area contributed by atoms with Crippen LogP contribution in [-0.4, -0.2) is 33.2 Å². The topological polar surface area (TPSA) is 65.8 Å². The molecule has 1 aliphatic rings. The van der Waals surface area contributed by atoms with E-state index in [1.165, 1.54) is 0 Å². The quantitative estimate of drug-likeness (QED) is 0.676. The third kappa shape index (κ3) is 4.22. The summed E-state index contributed by atoms with van der Waals surface area (Å²) >= 11 is 5.86. The Balaban J connectivity index is 1.98. The van der Waals surface area contributed by atoms with Gasteiger partial charge in [-0.3, -0.25) is 4.79 Å². The van der Waals surface area contributed by atoms with Crippen LogP contribution in [0.2, 0.25) is 0 Å². The van der Waals surface area contributed by atoms with Crippen molar-refractivity contribution in [1.29, 1.82) is 0 Å². The molecule has 0 atom stereocenters. The molecule has 30 heavy (non-hydrogen) atoms. The Morgan fingerprint density at radius 1 is 1.13 bits per heavy atom. The number of amidine groups is 1. The molecule has 0 amide bonds. The summed E-state index contributed by atoms with van der Waals surface area (Å²) in [6.07, 6.45) is 0. The molecule has 1 N–H and O–H groups in total. The average Bonchev–Trinajstić information content (AvgIpc) is 2.95. The molecule has 1 aromatic carbocycles. The lowest BCUT2D eigenvalue weighted by Gasteiger charge is -2.28. The molecule has 3 rings (SSSR count). The van der Waals surface area contributed by atoms with Crippen LogP contribution in [0, 0.1) is 6.92 Å². The van der Waals surface area contributed by atoms with E-state index in [9.17, 15) is 9.90 Å². The van der Waals surface area contributed by atoms with Gasteiger partial charge in [-0.05, 0) is 36.0 Å². The van der Waals surface area contributed by atoms with Crippen LogP contribution in [0.25, 0.3) is 0 Å². The minimum absolute atomic E-state index is 0.0478. The van der Waals surface area contributed by atoms with Crippen molar-refractivity contribution in [2.75, 3.05) is 6.54 Å². The Labute approximate surface area is 183 Å². The maximum absolute atomic E-state index is 13.3. The molecular formula is C24H30ClN3O2. The molecule has 0 spiro atoms. The molecule has 0 saturated carbocycles. The lowest BCUT2D eigenvalue weighted by Crippen LogP contribution is -2.31. The third-order valence-corrected chi connectivity index (χ3v) is 5.61. The maximum atomic E-state index is 13.3. The minimum Gasteiger partial charge on any atom is -0.507 e. The van der Waals surface area contributed by atoms with E-state index in [2.05, 4.69) is 9.50 Å². The average molecular weight is 428 g/mol. The molecule has 0 radical (unpaired) electrons. The van der Waals surface area contributed by atoms with Gasteiger partial charge in [0.2, 0.25) is 0 Å². The van der Waals surface area contributed by atoms with Gasteiger partial charge in [-0.15, -0.1) is 0 Å². The van der Waals surface area contributed by atoms with Gasteiger partial charge in [0, 0.05) is 46.3 Å². The molecule has 1 aromatic heterocycles. The molecule has 0 saturated heterocycles. The number of nitrogens with zero attached hydrogens (tertiary/aromatic N) is 3. The molecule has 0 fully saturated rings. The van der Waals surface area contributed by atoms with E-state index in [0.29, 0.717) is 17.9 Å². The number of hydrogen-bond donors (Lipinski definition) is 1. The predicted octanol–water partition coefficient (Wildman–Crippen LogP) is 5.29. The fourth-order valence-electron chi connectivity index (χ4n) is 3.76. The highest BCUT2D eigenvalue weighted by atomic mass is 35.5. The van der Waals surface area contributed by atoms with Gasteiger partial charge in [0.25, 0.3) is 0 Å². The molecule has 0 unspecified atom stereocenters. The monoisotopic (exact) mass is 427 g/mol. The number of phenolic OH excluding ortho intramolecular Hbond substituents is 1. The van der Waals surface area contributed by atoms with Gasteiger partial charge in [-0.25, -0.2) is 4.98 Å². The highest BCUT2D eigenvalue weighted by Gasteiger charge is 2.31. The first kappa shape index (κ1) is 22.3. The van der Waals surface area contributed by atoms with Gasteiger partial charge >= 0.3 is 0 Å². The van der Waals surface area contributed by atoms with Gasteiger partial charge in [-0.1, -0.05) is 47.6 Å². The summed E-state index contributed by atoms with van der Waals surface area (Å²) in [6.45, 7) is 14.8. The number of fused-ring (bicyclic) bond motifs is 1. The lowest BCUT2D eigenvalue weighted by molar-refractivity contribution is 0.0962. The lowest BCUT2D eigenvalue weighted by atomic mass is 9.78. The molecule has 1 aliphatic heterocycles. The van der Waals surface area contributed by atoms with Crippen molar-refractivity contribution >= 4 is 23.4 Å². The normalized spacial score (nSPS) is 15.6.